The van der Waals surface area contributed by atoms with Gasteiger partial charge in [-0.15, -0.1) is 0 Å². The molecule has 112 valence electrons. The number of benzene rings is 1. The SMILES string of the molecule is CCNC(C)c1cccc(NC(=O)Nc2ccnn2C)c1. The molecule has 2 aromatic rings. The number of carbonyl (C=O) groups is 1. The van der Waals surface area contributed by atoms with Crippen LogP contribution < -0.4 is 16.0 Å². The van der Waals surface area contributed by atoms with Crippen molar-refractivity contribution >= 4 is 17.5 Å². The summed E-state index contributed by atoms with van der Waals surface area (Å²) in [4.78, 5) is 12.0. The van der Waals surface area contributed by atoms with Gasteiger partial charge in [-0.05, 0) is 31.2 Å². The molecule has 1 atom stereocenters. The van der Waals surface area contributed by atoms with E-state index in [0.717, 1.165) is 17.8 Å². The van der Waals surface area contributed by atoms with Gasteiger partial charge in [-0.2, -0.15) is 5.10 Å². The van der Waals surface area contributed by atoms with Gasteiger partial charge in [-0.25, -0.2) is 4.79 Å². The summed E-state index contributed by atoms with van der Waals surface area (Å²) < 4.78 is 1.60. The quantitative estimate of drug-likeness (QED) is 0.792. The zero-order valence-corrected chi connectivity index (χ0v) is 12.6. The maximum Gasteiger partial charge on any atom is 0.324 e. The molecule has 2 amide bonds. The lowest BCUT2D eigenvalue weighted by Crippen LogP contribution is -2.21. The Morgan fingerprint density at radius 3 is 2.81 bits per heavy atom. The third kappa shape index (κ3) is 4.06. The highest BCUT2D eigenvalue weighted by Crippen LogP contribution is 2.17. The van der Waals surface area contributed by atoms with Gasteiger partial charge in [0.15, 0.2) is 0 Å². The van der Waals surface area contributed by atoms with Crippen LogP contribution in [0.1, 0.15) is 25.5 Å². The van der Waals surface area contributed by atoms with E-state index in [-0.39, 0.29) is 12.1 Å². The summed E-state index contributed by atoms with van der Waals surface area (Å²) in [6, 6.07) is 9.51. The summed E-state index contributed by atoms with van der Waals surface area (Å²) in [6.45, 7) is 5.07. The van der Waals surface area contributed by atoms with E-state index in [1.54, 1.807) is 24.0 Å². The van der Waals surface area contributed by atoms with Crippen LogP contribution in [-0.4, -0.2) is 22.4 Å². The number of amides is 2. The van der Waals surface area contributed by atoms with E-state index >= 15 is 0 Å². The van der Waals surface area contributed by atoms with E-state index < -0.39 is 0 Å². The Kier molecular flexibility index (Phi) is 4.94. The fraction of sp³-hybridized carbons (Fsp3) is 0.333. The fourth-order valence-electron chi connectivity index (χ4n) is 2.09. The Bertz CT molecular complexity index is 608. The van der Waals surface area contributed by atoms with Crippen LogP contribution in [0.4, 0.5) is 16.3 Å². The zero-order chi connectivity index (χ0) is 15.2. The number of hydrogen-bond donors (Lipinski definition) is 3. The molecule has 0 saturated heterocycles. The summed E-state index contributed by atoms with van der Waals surface area (Å²) in [5.74, 6) is 0.643. The highest BCUT2D eigenvalue weighted by atomic mass is 16.2. The maximum absolute atomic E-state index is 12.0. The third-order valence-electron chi connectivity index (χ3n) is 3.22. The van der Waals surface area contributed by atoms with Crippen molar-refractivity contribution in [2.24, 2.45) is 7.05 Å². The largest absolute Gasteiger partial charge is 0.324 e. The van der Waals surface area contributed by atoms with Gasteiger partial charge in [0.1, 0.15) is 5.82 Å². The smallest absolute Gasteiger partial charge is 0.310 e. The standard InChI is InChI=1S/C15H21N5O/c1-4-16-11(2)12-6-5-7-13(10-12)18-15(21)19-14-8-9-17-20(14)3/h5-11,16H,4H2,1-3H3,(H2,18,19,21). The first-order valence-electron chi connectivity index (χ1n) is 6.99. The normalized spacial score (nSPS) is 12.0. The number of nitrogens with zero attached hydrogens (tertiary/aromatic N) is 2. The molecule has 0 fully saturated rings. The van der Waals surface area contributed by atoms with Crippen LogP contribution in [-0.2, 0) is 7.05 Å². The summed E-state index contributed by atoms with van der Waals surface area (Å²) >= 11 is 0. The van der Waals surface area contributed by atoms with E-state index in [9.17, 15) is 4.79 Å². The van der Waals surface area contributed by atoms with E-state index in [1.165, 1.54) is 0 Å². The molecule has 0 aliphatic carbocycles. The monoisotopic (exact) mass is 287 g/mol. The zero-order valence-electron chi connectivity index (χ0n) is 12.6. The highest BCUT2D eigenvalue weighted by molar-refractivity contribution is 5.99. The second kappa shape index (κ2) is 6.90. The van der Waals surface area contributed by atoms with E-state index in [4.69, 9.17) is 0 Å². The van der Waals surface area contributed by atoms with Crippen molar-refractivity contribution in [1.29, 1.82) is 0 Å². The van der Waals surface area contributed by atoms with Gasteiger partial charge < -0.3 is 10.6 Å². The van der Waals surface area contributed by atoms with Crippen molar-refractivity contribution < 1.29 is 4.79 Å². The minimum absolute atomic E-state index is 0.247. The molecule has 3 N–H and O–H groups in total. The van der Waals surface area contributed by atoms with Crippen LogP contribution in [0.15, 0.2) is 36.5 Å². The average molecular weight is 287 g/mol. The average Bonchev–Trinajstić information content (AvgIpc) is 2.84. The van der Waals surface area contributed by atoms with Crippen molar-refractivity contribution in [1.82, 2.24) is 15.1 Å². The van der Waals surface area contributed by atoms with Crippen molar-refractivity contribution in [2.75, 3.05) is 17.2 Å². The van der Waals surface area contributed by atoms with Gasteiger partial charge >= 0.3 is 6.03 Å². The molecule has 1 aromatic carbocycles. The van der Waals surface area contributed by atoms with Crippen molar-refractivity contribution in [3.05, 3.63) is 42.1 Å². The molecule has 2 rings (SSSR count). The molecule has 1 aromatic heterocycles. The lowest BCUT2D eigenvalue weighted by atomic mass is 10.1. The lowest BCUT2D eigenvalue weighted by Gasteiger charge is -2.14. The predicted molar refractivity (Wildman–Crippen MR) is 84.4 cm³/mol. The molecular weight excluding hydrogens is 266 g/mol. The van der Waals surface area contributed by atoms with Crippen molar-refractivity contribution in [3.8, 4) is 0 Å². The number of hydrogen-bond acceptors (Lipinski definition) is 3. The van der Waals surface area contributed by atoms with Crippen molar-refractivity contribution in [2.45, 2.75) is 19.9 Å². The molecule has 0 radical (unpaired) electrons. The third-order valence-corrected chi connectivity index (χ3v) is 3.22. The number of rotatable bonds is 5. The summed E-state index contributed by atoms with van der Waals surface area (Å²) in [5, 5.41) is 12.9. The second-order valence-electron chi connectivity index (χ2n) is 4.82. The first-order chi connectivity index (χ1) is 10.1. The van der Waals surface area contributed by atoms with Crippen LogP contribution in [0.2, 0.25) is 0 Å². The first kappa shape index (κ1) is 15.1. The van der Waals surface area contributed by atoms with Crippen molar-refractivity contribution in [3.63, 3.8) is 0 Å². The fourth-order valence-corrected chi connectivity index (χ4v) is 2.09. The molecule has 0 aliphatic heterocycles. The lowest BCUT2D eigenvalue weighted by molar-refractivity contribution is 0.262. The number of urea groups is 1. The van der Waals surface area contributed by atoms with Gasteiger partial charge in [0, 0.05) is 24.8 Å². The highest BCUT2D eigenvalue weighted by Gasteiger charge is 2.08. The minimum Gasteiger partial charge on any atom is -0.310 e. The van der Waals surface area contributed by atoms with Gasteiger partial charge in [0.25, 0.3) is 0 Å². The Morgan fingerprint density at radius 1 is 1.33 bits per heavy atom. The number of carbonyl (C=O) groups excluding carboxylic acids is 1. The minimum atomic E-state index is -0.285. The summed E-state index contributed by atoms with van der Waals surface area (Å²) in [7, 11) is 1.77. The Labute approximate surface area is 124 Å². The number of nitrogens with one attached hydrogen (secondary N) is 3. The van der Waals surface area contributed by atoms with Gasteiger partial charge in [-0.3, -0.25) is 10.00 Å². The molecular formula is C15H21N5O. The van der Waals surface area contributed by atoms with Crippen LogP contribution in [0.3, 0.4) is 0 Å². The van der Waals surface area contributed by atoms with Crippen LogP contribution in [0.5, 0.6) is 0 Å². The molecule has 0 saturated carbocycles. The molecule has 1 unspecified atom stereocenters. The molecule has 1 heterocycles. The topological polar surface area (TPSA) is 71.0 Å². The van der Waals surface area contributed by atoms with E-state index in [2.05, 4.69) is 34.9 Å². The molecule has 0 aliphatic rings. The van der Waals surface area contributed by atoms with E-state index in [0.29, 0.717) is 5.82 Å². The number of aromatic nitrogens is 2. The van der Waals surface area contributed by atoms with Crippen LogP contribution in [0.25, 0.3) is 0 Å². The molecule has 6 nitrogen and oxygen atoms in total. The number of aryl methyl sites for hydroxylation is 1. The summed E-state index contributed by atoms with van der Waals surface area (Å²) in [6.07, 6.45) is 1.63. The maximum atomic E-state index is 12.0. The molecule has 21 heavy (non-hydrogen) atoms. The Balaban J connectivity index is 2.01. The van der Waals surface area contributed by atoms with Gasteiger partial charge in [0.2, 0.25) is 0 Å². The molecule has 6 heteroatoms. The Morgan fingerprint density at radius 2 is 2.14 bits per heavy atom. The van der Waals surface area contributed by atoms with E-state index in [1.807, 2.05) is 24.3 Å². The van der Waals surface area contributed by atoms with Gasteiger partial charge in [0.05, 0.1) is 6.20 Å². The predicted octanol–water partition coefficient (Wildman–Crippen LogP) is 2.73. The van der Waals surface area contributed by atoms with Crippen LogP contribution >= 0.6 is 0 Å². The Hall–Kier alpha value is -2.34. The molecule has 0 bridgehead atoms. The molecule has 0 spiro atoms. The second-order valence-corrected chi connectivity index (χ2v) is 4.82. The van der Waals surface area contributed by atoms with Gasteiger partial charge in [-0.1, -0.05) is 19.1 Å². The van der Waals surface area contributed by atoms with Crippen LogP contribution in [0, 0.1) is 0 Å². The number of anilines is 2. The summed E-state index contributed by atoms with van der Waals surface area (Å²) in [5.41, 5.74) is 1.90. The first-order valence-corrected chi connectivity index (χ1v) is 6.99.